The summed E-state index contributed by atoms with van der Waals surface area (Å²) in [7, 11) is 0. The van der Waals surface area contributed by atoms with E-state index in [9.17, 15) is 9.18 Å². The molecule has 86 valence electrons. The maximum absolute atomic E-state index is 13.4. The zero-order valence-corrected chi connectivity index (χ0v) is 10.1. The Morgan fingerprint density at radius 1 is 1.56 bits per heavy atom. The maximum Gasteiger partial charge on any atom is 0.140 e. The number of benzene rings is 1. The van der Waals surface area contributed by atoms with Gasteiger partial charge in [0.05, 0.1) is 0 Å². The number of carbonyl (C=O) groups is 1. The monoisotopic (exact) mass is 240 g/mol. The van der Waals surface area contributed by atoms with Crippen LogP contribution in [0.1, 0.15) is 25.8 Å². The molecule has 2 rings (SSSR count). The predicted molar refractivity (Wildman–Crippen MR) is 62.0 cm³/mol. The summed E-state index contributed by atoms with van der Waals surface area (Å²) in [5.41, 5.74) is 0.506. The first kappa shape index (κ1) is 11.6. The van der Waals surface area contributed by atoms with E-state index >= 15 is 0 Å². The van der Waals surface area contributed by atoms with Crippen molar-refractivity contribution in [2.45, 2.75) is 26.7 Å². The molecular weight excluding hydrogens is 227 g/mol. The van der Waals surface area contributed by atoms with E-state index in [1.807, 2.05) is 0 Å². The van der Waals surface area contributed by atoms with E-state index in [0.29, 0.717) is 10.6 Å². The third-order valence-electron chi connectivity index (χ3n) is 3.27. The van der Waals surface area contributed by atoms with E-state index in [-0.39, 0.29) is 29.4 Å². The van der Waals surface area contributed by atoms with E-state index < -0.39 is 0 Å². The molecule has 1 atom stereocenters. The Hall–Kier alpha value is -0.890. The summed E-state index contributed by atoms with van der Waals surface area (Å²) in [5.74, 6) is -0.145. The van der Waals surface area contributed by atoms with Gasteiger partial charge < -0.3 is 0 Å². The fraction of sp³-hybridized carbons (Fsp3) is 0.462. The van der Waals surface area contributed by atoms with Gasteiger partial charge in [0.25, 0.3) is 0 Å². The molecule has 1 unspecified atom stereocenters. The fourth-order valence-electron chi connectivity index (χ4n) is 2.01. The molecular formula is C13H14ClFO. The number of Topliss-reactive ketones (excluding diaryl/α,β-unsaturated/α-hetero) is 1. The average molecular weight is 241 g/mol. The maximum atomic E-state index is 13.4. The largest absolute Gasteiger partial charge is 0.299 e. The summed E-state index contributed by atoms with van der Waals surface area (Å²) in [6.07, 6.45) is 1.06. The van der Waals surface area contributed by atoms with Gasteiger partial charge in [-0.2, -0.15) is 0 Å². The zero-order chi connectivity index (χ0) is 11.9. The molecule has 3 heteroatoms. The van der Waals surface area contributed by atoms with E-state index in [1.54, 1.807) is 0 Å². The van der Waals surface area contributed by atoms with Gasteiger partial charge in [0.15, 0.2) is 0 Å². The second-order valence-electron chi connectivity index (χ2n) is 5.12. The van der Waals surface area contributed by atoms with Crippen LogP contribution in [0.15, 0.2) is 18.2 Å². The molecule has 1 nitrogen and oxygen atoms in total. The summed E-state index contributed by atoms with van der Waals surface area (Å²) in [6, 6.07) is 4.33. The minimum absolute atomic E-state index is 0.0888. The van der Waals surface area contributed by atoms with Crippen LogP contribution in [-0.2, 0) is 11.2 Å². The minimum atomic E-state index is -0.351. The molecule has 0 spiro atoms. The van der Waals surface area contributed by atoms with Crippen molar-refractivity contribution in [2.75, 3.05) is 0 Å². The van der Waals surface area contributed by atoms with Crippen LogP contribution in [0.5, 0.6) is 0 Å². The average Bonchev–Trinajstić information content (AvgIpc) is 2.82. The summed E-state index contributed by atoms with van der Waals surface area (Å²) >= 11 is 5.77. The lowest BCUT2D eigenvalue weighted by atomic mass is 10.0. The van der Waals surface area contributed by atoms with Crippen molar-refractivity contribution >= 4 is 17.4 Å². The highest BCUT2D eigenvalue weighted by molar-refractivity contribution is 6.30. The van der Waals surface area contributed by atoms with Crippen LogP contribution in [0.3, 0.4) is 0 Å². The number of rotatable bonds is 3. The topological polar surface area (TPSA) is 17.1 Å². The molecule has 1 aliphatic carbocycles. The highest BCUT2D eigenvalue weighted by atomic mass is 35.5. The first-order valence-electron chi connectivity index (χ1n) is 5.37. The van der Waals surface area contributed by atoms with Crippen LogP contribution < -0.4 is 0 Å². The van der Waals surface area contributed by atoms with Gasteiger partial charge in [0.2, 0.25) is 0 Å². The predicted octanol–water partition coefficient (Wildman–Crippen LogP) is 3.64. The molecule has 0 bridgehead atoms. The number of halogens is 2. The Bertz CT molecular complexity index is 440. The molecule has 16 heavy (non-hydrogen) atoms. The first-order valence-corrected chi connectivity index (χ1v) is 5.74. The van der Waals surface area contributed by atoms with Gasteiger partial charge in [-0.3, -0.25) is 4.79 Å². The molecule has 0 radical (unpaired) electrons. The van der Waals surface area contributed by atoms with Crippen LogP contribution in [0.25, 0.3) is 0 Å². The standard InChI is InChI=1S/C13H14ClFO/c1-13(2)7-10(13)12(16)6-8-5-9(14)3-4-11(8)15/h3-5,10H,6-7H2,1-2H3. The molecule has 1 aromatic rings. The highest BCUT2D eigenvalue weighted by Crippen LogP contribution is 2.52. The van der Waals surface area contributed by atoms with Gasteiger partial charge >= 0.3 is 0 Å². The van der Waals surface area contributed by atoms with E-state index in [0.717, 1.165) is 6.42 Å². The quantitative estimate of drug-likeness (QED) is 0.789. The van der Waals surface area contributed by atoms with E-state index in [4.69, 9.17) is 11.6 Å². The van der Waals surface area contributed by atoms with E-state index in [1.165, 1.54) is 18.2 Å². The molecule has 1 aliphatic rings. The van der Waals surface area contributed by atoms with Crippen molar-refractivity contribution in [3.05, 3.63) is 34.6 Å². The second-order valence-corrected chi connectivity index (χ2v) is 5.56. The summed E-state index contributed by atoms with van der Waals surface area (Å²) in [4.78, 5) is 11.8. The van der Waals surface area contributed by atoms with Gasteiger partial charge in [-0.25, -0.2) is 4.39 Å². The Kier molecular flexibility index (Phi) is 2.79. The molecule has 1 saturated carbocycles. The molecule has 0 heterocycles. The smallest absolute Gasteiger partial charge is 0.140 e. The zero-order valence-electron chi connectivity index (χ0n) is 9.39. The van der Waals surface area contributed by atoms with Crippen LogP contribution in [0.2, 0.25) is 5.02 Å². The van der Waals surface area contributed by atoms with Gasteiger partial charge in [-0.1, -0.05) is 25.4 Å². The molecule has 0 aromatic heterocycles. The number of hydrogen-bond donors (Lipinski definition) is 0. The van der Waals surface area contributed by atoms with Crippen molar-refractivity contribution in [1.29, 1.82) is 0 Å². The molecule has 0 aliphatic heterocycles. The normalized spacial score (nSPS) is 21.9. The Morgan fingerprint density at radius 3 is 2.75 bits per heavy atom. The SMILES string of the molecule is CC1(C)CC1C(=O)Cc1cc(Cl)ccc1F. The van der Waals surface area contributed by atoms with Gasteiger partial charge in [-0.05, 0) is 35.6 Å². The van der Waals surface area contributed by atoms with Crippen molar-refractivity contribution in [3.8, 4) is 0 Å². The van der Waals surface area contributed by atoms with E-state index in [2.05, 4.69) is 13.8 Å². The number of carbonyl (C=O) groups excluding carboxylic acids is 1. The Labute approximate surface area is 99.6 Å². The molecule has 0 amide bonds. The van der Waals surface area contributed by atoms with Crippen LogP contribution in [-0.4, -0.2) is 5.78 Å². The van der Waals surface area contributed by atoms with Crippen molar-refractivity contribution in [3.63, 3.8) is 0 Å². The second kappa shape index (κ2) is 3.85. The summed E-state index contributed by atoms with van der Waals surface area (Å²) < 4.78 is 13.4. The lowest BCUT2D eigenvalue weighted by Gasteiger charge is -2.05. The van der Waals surface area contributed by atoms with Gasteiger partial charge in [0.1, 0.15) is 11.6 Å². The van der Waals surface area contributed by atoms with Crippen molar-refractivity contribution in [1.82, 2.24) is 0 Å². The molecule has 1 fully saturated rings. The minimum Gasteiger partial charge on any atom is -0.299 e. The van der Waals surface area contributed by atoms with Gasteiger partial charge in [-0.15, -0.1) is 0 Å². The number of hydrogen-bond acceptors (Lipinski definition) is 1. The van der Waals surface area contributed by atoms with Crippen molar-refractivity contribution < 1.29 is 9.18 Å². The van der Waals surface area contributed by atoms with Crippen molar-refractivity contribution in [2.24, 2.45) is 11.3 Å². The third kappa shape index (κ3) is 2.27. The van der Waals surface area contributed by atoms with Gasteiger partial charge in [0, 0.05) is 17.4 Å². The van der Waals surface area contributed by atoms with Crippen LogP contribution in [0, 0.1) is 17.2 Å². The molecule has 1 aromatic carbocycles. The highest BCUT2D eigenvalue weighted by Gasteiger charge is 2.49. The summed E-state index contributed by atoms with van der Waals surface area (Å²) in [5, 5.41) is 0.472. The molecule has 0 N–H and O–H groups in total. The summed E-state index contributed by atoms with van der Waals surface area (Å²) in [6.45, 7) is 4.12. The Balaban J connectivity index is 2.10. The van der Waals surface area contributed by atoms with Crippen LogP contribution >= 0.6 is 11.6 Å². The lowest BCUT2D eigenvalue weighted by molar-refractivity contribution is -0.120. The third-order valence-corrected chi connectivity index (χ3v) is 3.51. The van der Waals surface area contributed by atoms with Crippen LogP contribution in [0.4, 0.5) is 4.39 Å². The fourth-order valence-corrected chi connectivity index (χ4v) is 2.20. The first-order chi connectivity index (χ1) is 7.40. The number of ketones is 1. The Morgan fingerprint density at radius 2 is 2.19 bits per heavy atom. The lowest BCUT2D eigenvalue weighted by Crippen LogP contribution is -2.10. The molecule has 0 saturated heterocycles.